The zero-order valence-electron chi connectivity index (χ0n) is 22.0. The highest BCUT2D eigenvalue weighted by Gasteiger charge is 2.15. The van der Waals surface area contributed by atoms with Gasteiger partial charge in [0.05, 0.1) is 43.3 Å². The molecular weight excluding hydrogens is 452 g/mol. The molecule has 8 heteroatoms. The maximum atomic E-state index is 5.54. The van der Waals surface area contributed by atoms with Crippen LogP contribution in [0.25, 0.3) is 22.3 Å². The van der Waals surface area contributed by atoms with Crippen LogP contribution >= 0.6 is 0 Å². The standard InChI is InChI=1S/C28H36N6O2/c1-19(2)29-10-7-11-33(23-12-24(35-5)15-25(13-23)36-6)22-8-9-26-27(14-22)32-28(17-30-26)21-16-31-34(18-21)20(3)4/h8-9,12-20,29H,7,10-11H2,1-6H3. The lowest BCUT2D eigenvalue weighted by atomic mass is 10.1. The summed E-state index contributed by atoms with van der Waals surface area (Å²) in [5.74, 6) is 1.50. The van der Waals surface area contributed by atoms with Gasteiger partial charge in [-0.2, -0.15) is 5.10 Å². The van der Waals surface area contributed by atoms with E-state index in [2.05, 4.69) is 60.1 Å². The van der Waals surface area contributed by atoms with Gasteiger partial charge in [0.15, 0.2) is 0 Å². The van der Waals surface area contributed by atoms with Crippen LogP contribution in [0.5, 0.6) is 11.5 Å². The van der Waals surface area contributed by atoms with E-state index in [-0.39, 0.29) is 6.04 Å². The first kappa shape index (κ1) is 25.4. The van der Waals surface area contributed by atoms with Crippen molar-refractivity contribution in [1.82, 2.24) is 25.1 Å². The maximum absolute atomic E-state index is 5.54. The van der Waals surface area contributed by atoms with Gasteiger partial charge in [-0.1, -0.05) is 13.8 Å². The molecule has 0 spiro atoms. The summed E-state index contributed by atoms with van der Waals surface area (Å²) in [6, 6.07) is 12.9. The van der Waals surface area contributed by atoms with Crippen LogP contribution in [-0.4, -0.2) is 53.1 Å². The zero-order chi connectivity index (χ0) is 25.7. The van der Waals surface area contributed by atoms with E-state index in [9.17, 15) is 0 Å². The number of methoxy groups -OCH3 is 2. The van der Waals surface area contributed by atoms with Gasteiger partial charge in [-0.3, -0.25) is 9.67 Å². The molecule has 0 saturated heterocycles. The van der Waals surface area contributed by atoms with Crippen molar-refractivity contribution >= 4 is 22.4 Å². The number of aromatic nitrogens is 4. The lowest BCUT2D eigenvalue weighted by Crippen LogP contribution is -2.27. The molecule has 0 aliphatic rings. The fourth-order valence-corrected chi connectivity index (χ4v) is 4.04. The third kappa shape index (κ3) is 5.94. The van der Waals surface area contributed by atoms with Gasteiger partial charge in [0.25, 0.3) is 0 Å². The molecule has 4 rings (SSSR count). The van der Waals surface area contributed by atoms with Crippen LogP contribution in [0.3, 0.4) is 0 Å². The lowest BCUT2D eigenvalue weighted by molar-refractivity contribution is 0.394. The van der Waals surface area contributed by atoms with Gasteiger partial charge < -0.3 is 19.7 Å². The summed E-state index contributed by atoms with van der Waals surface area (Å²) in [6.07, 6.45) is 6.64. The smallest absolute Gasteiger partial charge is 0.124 e. The number of nitrogens with one attached hydrogen (secondary N) is 1. The van der Waals surface area contributed by atoms with Crippen molar-refractivity contribution in [2.45, 2.75) is 46.2 Å². The predicted molar refractivity (Wildman–Crippen MR) is 145 cm³/mol. The number of hydrogen-bond donors (Lipinski definition) is 1. The number of hydrogen-bond acceptors (Lipinski definition) is 7. The summed E-state index contributed by atoms with van der Waals surface area (Å²) in [5.41, 5.74) is 5.48. The topological polar surface area (TPSA) is 77.3 Å². The molecule has 0 saturated carbocycles. The number of fused-ring (bicyclic) bond motifs is 1. The van der Waals surface area contributed by atoms with Gasteiger partial charge >= 0.3 is 0 Å². The quantitative estimate of drug-likeness (QED) is 0.275. The molecule has 0 aliphatic heterocycles. The molecule has 4 aromatic rings. The van der Waals surface area contributed by atoms with Crippen LogP contribution in [0.2, 0.25) is 0 Å². The maximum Gasteiger partial charge on any atom is 0.124 e. The number of anilines is 2. The van der Waals surface area contributed by atoms with Crippen LogP contribution < -0.4 is 19.7 Å². The summed E-state index contributed by atoms with van der Waals surface area (Å²) in [6.45, 7) is 10.3. The molecule has 0 aliphatic carbocycles. The molecule has 2 aromatic heterocycles. The molecule has 8 nitrogen and oxygen atoms in total. The van der Waals surface area contributed by atoms with Crippen LogP contribution in [0.1, 0.15) is 40.2 Å². The second-order valence-corrected chi connectivity index (χ2v) is 9.42. The van der Waals surface area contributed by atoms with Crippen LogP contribution in [0, 0.1) is 0 Å². The molecule has 0 bridgehead atoms. The normalized spacial score (nSPS) is 11.4. The van der Waals surface area contributed by atoms with E-state index in [0.717, 1.165) is 64.7 Å². The van der Waals surface area contributed by atoms with Crippen molar-refractivity contribution in [1.29, 1.82) is 0 Å². The fourth-order valence-electron chi connectivity index (χ4n) is 4.04. The van der Waals surface area contributed by atoms with Crippen molar-refractivity contribution in [2.75, 3.05) is 32.2 Å². The molecule has 0 fully saturated rings. The van der Waals surface area contributed by atoms with Gasteiger partial charge in [-0.15, -0.1) is 0 Å². The fraction of sp³-hybridized carbons (Fsp3) is 0.393. The highest BCUT2D eigenvalue weighted by Crippen LogP contribution is 2.34. The van der Waals surface area contributed by atoms with Gasteiger partial charge in [0.1, 0.15) is 11.5 Å². The second kappa shape index (κ2) is 11.4. The van der Waals surface area contributed by atoms with E-state index >= 15 is 0 Å². The summed E-state index contributed by atoms with van der Waals surface area (Å²) in [4.78, 5) is 11.9. The first-order valence-corrected chi connectivity index (χ1v) is 12.4. The number of rotatable bonds is 11. The first-order chi connectivity index (χ1) is 17.4. The van der Waals surface area contributed by atoms with E-state index in [4.69, 9.17) is 14.5 Å². The highest BCUT2D eigenvalue weighted by atomic mass is 16.5. The van der Waals surface area contributed by atoms with Crippen molar-refractivity contribution in [3.63, 3.8) is 0 Å². The Labute approximate surface area is 213 Å². The Hall–Kier alpha value is -3.65. The zero-order valence-corrected chi connectivity index (χ0v) is 22.0. The first-order valence-electron chi connectivity index (χ1n) is 12.4. The highest BCUT2D eigenvalue weighted by molar-refractivity contribution is 5.82. The Balaban J connectivity index is 1.72. The van der Waals surface area contributed by atoms with Crippen LogP contribution in [0.15, 0.2) is 55.0 Å². The van der Waals surface area contributed by atoms with E-state index in [1.165, 1.54) is 0 Å². The van der Waals surface area contributed by atoms with Gasteiger partial charge in [-0.05, 0) is 45.0 Å². The SMILES string of the molecule is COc1cc(OC)cc(N(CCCNC(C)C)c2ccc3ncc(-c4cnn(C(C)C)c4)nc3c2)c1. The number of benzene rings is 2. The predicted octanol–water partition coefficient (Wildman–Crippen LogP) is 5.62. The van der Waals surface area contributed by atoms with Crippen molar-refractivity contribution < 1.29 is 9.47 Å². The molecule has 0 unspecified atom stereocenters. The Kier molecular flexibility index (Phi) is 8.05. The minimum absolute atomic E-state index is 0.289. The molecule has 1 N–H and O–H groups in total. The molecule has 0 radical (unpaired) electrons. The molecule has 36 heavy (non-hydrogen) atoms. The van der Waals surface area contributed by atoms with E-state index in [0.29, 0.717) is 6.04 Å². The third-order valence-corrected chi connectivity index (χ3v) is 6.02. The minimum atomic E-state index is 0.289. The van der Waals surface area contributed by atoms with Gasteiger partial charge in [0, 0.05) is 60.0 Å². The summed E-state index contributed by atoms with van der Waals surface area (Å²) in [5, 5.41) is 7.96. The molecule has 0 amide bonds. The average Bonchev–Trinajstić information content (AvgIpc) is 3.38. The Morgan fingerprint density at radius 2 is 1.67 bits per heavy atom. The van der Waals surface area contributed by atoms with E-state index in [1.54, 1.807) is 14.2 Å². The second-order valence-electron chi connectivity index (χ2n) is 9.42. The molecule has 2 heterocycles. The van der Waals surface area contributed by atoms with Crippen molar-refractivity contribution in [3.05, 3.63) is 55.0 Å². The molecule has 2 aromatic carbocycles. The number of ether oxygens (including phenoxy) is 2. The third-order valence-electron chi connectivity index (χ3n) is 6.02. The van der Waals surface area contributed by atoms with Gasteiger partial charge in [-0.25, -0.2) is 4.98 Å². The Morgan fingerprint density at radius 1 is 0.917 bits per heavy atom. The lowest BCUT2D eigenvalue weighted by Gasteiger charge is -2.26. The van der Waals surface area contributed by atoms with Gasteiger partial charge in [0.2, 0.25) is 0 Å². The van der Waals surface area contributed by atoms with Crippen LogP contribution in [0.4, 0.5) is 11.4 Å². The summed E-state index contributed by atoms with van der Waals surface area (Å²) < 4.78 is 13.0. The summed E-state index contributed by atoms with van der Waals surface area (Å²) >= 11 is 0. The minimum Gasteiger partial charge on any atom is -0.497 e. The monoisotopic (exact) mass is 488 g/mol. The number of nitrogens with zero attached hydrogens (tertiary/aromatic N) is 5. The van der Waals surface area contributed by atoms with E-state index < -0.39 is 0 Å². The van der Waals surface area contributed by atoms with Crippen LogP contribution in [-0.2, 0) is 0 Å². The molecular formula is C28H36N6O2. The van der Waals surface area contributed by atoms with E-state index in [1.807, 2.05) is 47.5 Å². The molecule has 190 valence electrons. The van der Waals surface area contributed by atoms with Crippen molar-refractivity contribution in [3.8, 4) is 22.8 Å². The average molecular weight is 489 g/mol. The van der Waals surface area contributed by atoms with Crippen molar-refractivity contribution in [2.24, 2.45) is 0 Å². The molecule has 0 atom stereocenters. The Morgan fingerprint density at radius 3 is 2.31 bits per heavy atom. The summed E-state index contributed by atoms with van der Waals surface area (Å²) in [7, 11) is 3.34. The Bertz CT molecular complexity index is 1280. The largest absolute Gasteiger partial charge is 0.497 e.